The molecule has 0 aliphatic rings. The Labute approximate surface area is 156 Å². The van der Waals surface area contributed by atoms with Crippen molar-refractivity contribution < 1.29 is 14.6 Å². The van der Waals surface area contributed by atoms with Gasteiger partial charge in [0.15, 0.2) is 0 Å². The van der Waals surface area contributed by atoms with Crippen LogP contribution in [0, 0.1) is 0 Å². The van der Waals surface area contributed by atoms with Gasteiger partial charge in [-0.05, 0) is 34.5 Å². The number of rotatable bonds is 5. The summed E-state index contributed by atoms with van der Waals surface area (Å²) in [5.74, 6) is -0.187. The van der Waals surface area contributed by atoms with Crippen LogP contribution in [0.15, 0.2) is 60.8 Å². The third-order valence-corrected chi connectivity index (χ3v) is 3.42. The largest absolute Gasteiger partial charge is 0.493 e. The topological polar surface area (TPSA) is 59.4 Å². The van der Waals surface area contributed by atoms with Gasteiger partial charge in [0.2, 0.25) is 0 Å². The van der Waals surface area contributed by atoms with Crippen LogP contribution >= 0.6 is 0 Å². The molecule has 1 radical (unpaired) electrons. The van der Waals surface area contributed by atoms with Crippen molar-refractivity contribution in [2.45, 2.75) is 6.42 Å². The van der Waals surface area contributed by atoms with Crippen LogP contribution in [0.5, 0.6) is 5.75 Å². The number of carboxylic acid groups (broad SMARTS) is 1. The van der Waals surface area contributed by atoms with E-state index in [9.17, 15) is 4.79 Å². The number of hydrogen-bond acceptors (Lipinski definition) is 3. The molecule has 23 heavy (non-hydrogen) atoms. The fraction of sp³-hybridized carbons (Fsp3) is 0.111. The molecular formula is C18H15NNaO3. The molecule has 0 unspecified atom stereocenters. The van der Waals surface area contributed by atoms with Crippen molar-refractivity contribution in [2.24, 2.45) is 0 Å². The van der Waals surface area contributed by atoms with Crippen molar-refractivity contribution >= 4 is 46.3 Å². The molecule has 3 aromatic rings. The van der Waals surface area contributed by atoms with Gasteiger partial charge in [-0.2, -0.15) is 0 Å². The standard InChI is InChI=1S/C18H15NO3.Na/c20-18(21)17-8-5-13(12-19-17)9-10-22-16-7-6-14-3-1-2-4-15(14)11-16;/h1-8,11-12H,9-10H2,(H,20,21);. The number of carboxylic acids is 1. The first-order valence-electron chi connectivity index (χ1n) is 7.02. The molecule has 111 valence electrons. The molecule has 0 saturated carbocycles. The number of benzene rings is 2. The number of pyridine rings is 1. The van der Waals surface area contributed by atoms with Gasteiger partial charge in [-0.3, -0.25) is 0 Å². The van der Waals surface area contributed by atoms with Crippen LogP contribution in [0.2, 0.25) is 0 Å². The molecule has 5 heteroatoms. The Morgan fingerprint density at radius 2 is 1.83 bits per heavy atom. The monoisotopic (exact) mass is 316 g/mol. The molecule has 0 aliphatic carbocycles. The molecule has 4 nitrogen and oxygen atoms in total. The molecule has 0 atom stereocenters. The summed E-state index contributed by atoms with van der Waals surface area (Å²) in [6.07, 6.45) is 2.26. The van der Waals surface area contributed by atoms with E-state index in [1.807, 2.05) is 30.3 Å². The van der Waals surface area contributed by atoms with Gasteiger partial charge in [-0.1, -0.05) is 36.4 Å². The van der Waals surface area contributed by atoms with Crippen LogP contribution in [0.4, 0.5) is 0 Å². The summed E-state index contributed by atoms with van der Waals surface area (Å²) in [5.41, 5.74) is 1.00. The van der Waals surface area contributed by atoms with Gasteiger partial charge in [-0.25, -0.2) is 9.78 Å². The zero-order chi connectivity index (χ0) is 15.4. The van der Waals surface area contributed by atoms with E-state index >= 15 is 0 Å². The summed E-state index contributed by atoms with van der Waals surface area (Å²) in [4.78, 5) is 14.6. The summed E-state index contributed by atoms with van der Waals surface area (Å²) < 4.78 is 5.75. The van der Waals surface area contributed by atoms with Crippen molar-refractivity contribution in [3.05, 3.63) is 72.1 Å². The summed E-state index contributed by atoms with van der Waals surface area (Å²) >= 11 is 0. The molecule has 3 rings (SSSR count). The third-order valence-electron chi connectivity index (χ3n) is 3.42. The number of carbonyl (C=O) groups is 1. The first-order chi connectivity index (χ1) is 10.7. The normalized spacial score (nSPS) is 10.1. The fourth-order valence-electron chi connectivity index (χ4n) is 2.24. The van der Waals surface area contributed by atoms with E-state index in [0.29, 0.717) is 13.0 Å². The third kappa shape index (κ3) is 4.55. The van der Waals surface area contributed by atoms with Gasteiger partial charge in [0.25, 0.3) is 0 Å². The van der Waals surface area contributed by atoms with Gasteiger partial charge in [0.05, 0.1) is 6.61 Å². The number of hydrogen-bond donors (Lipinski definition) is 1. The average Bonchev–Trinajstić information content (AvgIpc) is 2.55. The Hall–Kier alpha value is -1.88. The molecule has 0 bridgehead atoms. The van der Waals surface area contributed by atoms with E-state index in [0.717, 1.165) is 16.7 Å². The zero-order valence-corrected chi connectivity index (χ0v) is 14.9. The molecule has 0 fully saturated rings. The zero-order valence-electron chi connectivity index (χ0n) is 12.9. The molecule has 1 aromatic heterocycles. The SMILES string of the molecule is O=C(O)c1ccc(CCOc2ccc3ccccc3c2)cn1.[Na]. The quantitative estimate of drug-likeness (QED) is 0.735. The minimum Gasteiger partial charge on any atom is -0.493 e. The molecule has 0 spiro atoms. The van der Waals surface area contributed by atoms with E-state index in [1.165, 1.54) is 11.5 Å². The Morgan fingerprint density at radius 3 is 2.52 bits per heavy atom. The Balaban J connectivity index is 0.00000192. The van der Waals surface area contributed by atoms with Gasteiger partial charge < -0.3 is 9.84 Å². The van der Waals surface area contributed by atoms with Crippen LogP contribution in [0.25, 0.3) is 10.8 Å². The Morgan fingerprint density at radius 1 is 1.04 bits per heavy atom. The van der Waals surface area contributed by atoms with E-state index < -0.39 is 5.97 Å². The predicted octanol–water partition coefficient (Wildman–Crippen LogP) is 3.17. The maximum Gasteiger partial charge on any atom is 0.354 e. The average molecular weight is 316 g/mol. The number of nitrogens with zero attached hydrogens (tertiary/aromatic N) is 1. The maximum atomic E-state index is 10.7. The first-order valence-corrected chi connectivity index (χ1v) is 7.02. The van der Waals surface area contributed by atoms with Crippen LogP contribution in [0.1, 0.15) is 16.1 Å². The van der Waals surface area contributed by atoms with Gasteiger partial charge in [0.1, 0.15) is 11.4 Å². The molecule has 1 heterocycles. The van der Waals surface area contributed by atoms with Crippen molar-refractivity contribution in [3.8, 4) is 5.75 Å². The van der Waals surface area contributed by atoms with E-state index in [1.54, 1.807) is 12.3 Å². The fourth-order valence-corrected chi connectivity index (χ4v) is 2.24. The molecule has 1 N–H and O–H groups in total. The second kappa shape index (κ2) is 8.11. The molecular weight excluding hydrogens is 301 g/mol. The first kappa shape index (κ1) is 17.5. The van der Waals surface area contributed by atoms with Crippen molar-refractivity contribution in [1.82, 2.24) is 4.98 Å². The van der Waals surface area contributed by atoms with Crippen LogP contribution in [-0.2, 0) is 6.42 Å². The minimum absolute atomic E-state index is 0. The Bertz CT molecular complexity index is 803. The molecule has 0 aliphatic heterocycles. The summed E-state index contributed by atoms with van der Waals surface area (Å²) in [6.45, 7) is 0.520. The van der Waals surface area contributed by atoms with Gasteiger partial charge >= 0.3 is 5.97 Å². The molecule has 0 saturated heterocycles. The second-order valence-corrected chi connectivity index (χ2v) is 4.96. The van der Waals surface area contributed by atoms with Gasteiger partial charge in [0, 0.05) is 42.2 Å². The number of aromatic nitrogens is 1. The van der Waals surface area contributed by atoms with Gasteiger partial charge in [-0.15, -0.1) is 0 Å². The predicted molar refractivity (Wildman–Crippen MR) is 90.1 cm³/mol. The van der Waals surface area contributed by atoms with Crippen LogP contribution in [-0.4, -0.2) is 52.2 Å². The number of fused-ring (bicyclic) bond motifs is 1. The van der Waals surface area contributed by atoms with Crippen molar-refractivity contribution in [1.29, 1.82) is 0 Å². The van der Waals surface area contributed by atoms with Crippen LogP contribution < -0.4 is 4.74 Å². The smallest absolute Gasteiger partial charge is 0.354 e. The van der Waals surface area contributed by atoms with Crippen LogP contribution in [0.3, 0.4) is 0 Å². The maximum absolute atomic E-state index is 10.7. The van der Waals surface area contributed by atoms with E-state index in [-0.39, 0.29) is 35.3 Å². The van der Waals surface area contributed by atoms with E-state index in [4.69, 9.17) is 9.84 Å². The molecule has 2 aromatic carbocycles. The van der Waals surface area contributed by atoms with Crippen molar-refractivity contribution in [2.75, 3.05) is 6.61 Å². The summed E-state index contributed by atoms with van der Waals surface area (Å²) in [7, 11) is 0. The number of aromatic carboxylic acids is 1. The number of ether oxygens (including phenoxy) is 1. The second-order valence-electron chi connectivity index (χ2n) is 4.96. The van der Waals surface area contributed by atoms with Crippen molar-refractivity contribution in [3.63, 3.8) is 0 Å². The Kier molecular flexibility index (Phi) is 6.16. The summed E-state index contributed by atoms with van der Waals surface area (Å²) in [5, 5.41) is 11.1. The van der Waals surface area contributed by atoms with E-state index in [2.05, 4.69) is 17.1 Å². The minimum atomic E-state index is -1.01. The molecule has 0 amide bonds. The summed E-state index contributed by atoms with van der Waals surface area (Å²) in [6, 6.07) is 17.4.